The Labute approximate surface area is 296 Å². The zero-order valence-electron chi connectivity index (χ0n) is 29.3. The molecule has 17 heteroatoms. The van der Waals surface area contributed by atoms with Gasteiger partial charge in [-0.3, -0.25) is 34.0 Å². The summed E-state index contributed by atoms with van der Waals surface area (Å²) in [7, 11) is 1.71. The van der Waals surface area contributed by atoms with Crippen molar-refractivity contribution in [3.63, 3.8) is 0 Å². The average molecular weight is 715 g/mol. The Morgan fingerprint density at radius 1 is 0.941 bits per heavy atom. The second kappa shape index (κ2) is 19.5. The monoisotopic (exact) mass is 714 g/mol. The summed E-state index contributed by atoms with van der Waals surface area (Å²) in [5.74, 6) is -4.71. The third-order valence-electron chi connectivity index (χ3n) is 8.23. The molecular formula is C34H50N8O9. The van der Waals surface area contributed by atoms with Crippen LogP contribution in [0.1, 0.15) is 68.9 Å². The van der Waals surface area contributed by atoms with Crippen LogP contribution in [-0.4, -0.2) is 105 Å². The molecule has 3 rings (SSSR count). The van der Waals surface area contributed by atoms with Crippen LogP contribution in [0.25, 0.3) is 0 Å². The summed E-state index contributed by atoms with van der Waals surface area (Å²) in [6.45, 7) is 5.41. The summed E-state index contributed by atoms with van der Waals surface area (Å²) in [5.41, 5.74) is 6.08. The molecule has 9 N–H and O–H groups in total. The number of primary amides is 1. The van der Waals surface area contributed by atoms with Crippen LogP contribution in [0, 0.1) is 5.92 Å². The van der Waals surface area contributed by atoms with Crippen LogP contribution in [0.15, 0.2) is 42.6 Å². The molecule has 0 radical (unpaired) electrons. The van der Waals surface area contributed by atoms with Gasteiger partial charge in [0.1, 0.15) is 30.0 Å². The van der Waals surface area contributed by atoms with Gasteiger partial charge in [-0.25, -0.2) is 4.79 Å². The highest BCUT2D eigenvalue weighted by Gasteiger charge is 2.35. The molecule has 1 saturated heterocycles. The molecule has 1 aromatic carbocycles. The SMILES string of the molecule is CC(C)CC(NC1CC[C@@H](CNC(=O)c2ccn(C)n2)O1)C(=O)NC(C(=O)NC(Cc1ccccc1)C(=O)NC(CCC(N)=O)C(=O)O)[C@@H](C)O. The number of aliphatic carboxylic acids is 1. The van der Waals surface area contributed by atoms with Crippen molar-refractivity contribution in [1.29, 1.82) is 0 Å². The van der Waals surface area contributed by atoms with Crippen LogP contribution >= 0.6 is 0 Å². The molecule has 7 atom stereocenters. The smallest absolute Gasteiger partial charge is 0.326 e. The van der Waals surface area contributed by atoms with Gasteiger partial charge < -0.3 is 42.0 Å². The summed E-state index contributed by atoms with van der Waals surface area (Å²) < 4.78 is 7.59. The molecule has 0 bridgehead atoms. The Balaban J connectivity index is 1.67. The van der Waals surface area contributed by atoms with Gasteiger partial charge in [0, 0.05) is 32.6 Å². The summed E-state index contributed by atoms with van der Waals surface area (Å²) in [4.78, 5) is 76.0. The van der Waals surface area contributed by atoms with Crippen molar-refractivity contribution in [2.24, 2.45) is 18.7 Å². The Hall–Kier alpha value is -4.87. The molecule has 51 heavy (non-hydrogen) atoms. The molecule has 1 aliphatic heterocycles. The van der Waals surface area contributed by atoms with Crippen molar-refractivity contribution in [3.05, 3.63) is 53.9 Å². The topological polar surface area (TPSA) is 256 Å². The number of ether oxygens (including phenoxy) is 1. The standard InChI is InChI=1S/C34H50N8O9/c1-19(2)16-25(37-28-13-10-22(51-28)18-36-30(45)23-14-15-42(4)41-23)32(47)40-29(20(3)43)33(48)39-26(17-21-8-6-5-7-9-21)31(46)38-24(34(49)50)11-12-27(35)44/h5-9,14-15,19-20,22,24-26,28-29,37,43H,10-13,16-18H2,1-4H3,(H2,35,44)(H,36,45)(H,38,46)(H,39,48)(H,40,47)(H,49,50)/t20-,22+,24?,25?,26?,28?,29?/m1/s1. The summed E-state index contributed by atoms with van der Waals surface area (Å²) in [6, 6.07) is 5.20. The molecule has 0 aliphatic carbocycles. The average Bonchev–Trinajstić information content (AvgIpc) is 3.72. The van der Waals surface area contributed by atoms with E-state index in [-0.39, 0.29) is 49.4 Å². The van der Waals surface area contributed by atoms with Gasteiger partial charge in [-0.2, -0.15) is 5.10 Å². The molecule has 5 unspecified atom stereocenters. The number of hydrogen-bond donors (Lipinski definition) is 8. The van der Waals surface area contributed by atoms with Crippen LogP contribution in [0.2, 0.25) is 0 Å². The maximum atomic E-state index is 13.6. The summed E-state index contributed by atoms with van der Waals surface area (Å²) in [5, 5.41) is 37.8. The second-order valence-electron chi connectivity index (χ2n) is 13.1. The molecule has 280 valence electrons. The normalized spacial score (nSPS) is 18.5. The van der Waals surface area contributed by atoms with Crippen LogP contribution < -0.4 is 32.3 Å². The molecule has 1 fully saturated rings. The van der Waals surface area contributed by atoms with Crippen molar-refractivity contribution in [2.75, 3.05) is 6.54 Å². The van der Waals surface area contributed by atoms with E-state index in [1.807, 2.05) is 13.8 Å². The summed E-state index contributed by atoms with van der Waals surface area (Å²) >= 11 is 0. The fraction of sp³-hybridized carbons (Fsp3) is 0.559. The quantitative estimate of drug-likeness (QED) is 0.0833. The van der Waals surface area contributed by atoms with Crippen LogP contribution in [-0.2, 0) is 42.2 Å². The van der Waals surface area contributed by atoms with Crippen molar-refractivity contribution < 1.29 is 43.7 Å². The number of hydrogen-bond acceptors (Lipinski definition) is 10. The van der Waals surface area contributed by atoms with Gasteiger partial charge >= 0.3 is 5.97 Å². The molecule has 1 aliphatic rings. The van der Waals surface area contributed by atoms with Crippen molar-refractivity contribution in [3.8, 4) is 0 Å². The number of benzene rings is 1. The second-order valence-corrected chi connectivity index (χ2v) is 13.1. The minimum absolute atomic E-state index is 0.0406. The molecule has 0 saturated carbocycles. The lowest BCUT2D eigenvalue weighted by Gasteiger charge is -2.29. The number of aryl methyl sites for hydroxylation is 1. The molecule has 1 aromatic heterocycles. The maximum Gasteiger partial charge on any atom is 0.326 e. The minimum atomic E-state index is -1.48. The van der Waals surface area contributed by atoms with Gasteiger partial charge in [0.25, 0.3) is 5.91 Å². The highest BCUT2D eigenvalue weighted by molar-refractivity contribution is 5.95. The lowest BCUT2D eigenvalue weighted by atomic mass is 10.0. The van der Waals surface area contributed by atoms with Crippen molar-refractivity contribution in [2.45, 2.75) is 102 Å². The fourth-order valence-electron chi connectivity index (χ4n) is 5.55. The van der Waals surface area contributed by atoms with E-state index in [0.717, 1.165) is 0 Å². The van der Waals surface area contributed by atoms with Gasteiger partial charge in [-0.1, -0.05) is 44.2 Å². The number of carboxylic acids is 1. The van der Waals surface area contributed by atoms with E-state index in [9.17, 15) is 39.0 Å². The molecule has 0 spiro atoms. The van der Waals surface area contributed by atoms with Crippen LogP contribution in [0.3, 0.4) is 0 Å². The van der Waals surface area contributed by atoms with Gasteiger partial charge in [0.2, 0.25) is 23.6 Å². The van der Waals surface area contributed by atoms with Crippen LogP contribution in [0.4, 0.5) is 0 Å². The third-order valence-corrected chi connectivity index (χ3v) is 8.23. The first-order valence-electron chi connectivity index (χ1n) is 17.0. The van der Waals surface area contributed by atoms with E-state index in [4.69, 9.17) is 10.5 Å². The lowest BCUT2D eigenvalue weighted by Crippen LogP contribution is -2.61. The van der Waals surface area contributed by atoms with E-state index in [2.05, 4.69) is 31.7 Å². The Kier molecular flexibility index (Phi) is 15.5. The number of nitrogens with two attached hydrogens (primary N) is 1. The van der Waals surface area contributed by atoms with E-state index in [1.165, 1.54) is 11.6 Å². The molecule has 2 heterocycles. The Morgan fingerprint density at radius 3 is 2.20 bits per heavy atom. The number of nitrogens with one attached hydrogen (secondary N) is 5. The first-order valence-corrected chi connectivity index (χ1v) is 17.0. The zero-order valence-corrected chi connectivity index (χ0v) is 29.3. The zero-order chi connectivity index (χ0) is 37.7. The largest absolute Gasteiger partial charge is 0.480 e. The molecular weight excluding hydrogens is 664 g/mol. The van der Waals surface area contributed by atoms with E-state index >= 15 is 0 Å². The molecule has 5 amide bonds. The molecule has 2 aromatic rings. The maximum absolute atomic E-state index is 13.6. The Morgan fingerprint density at radius 2 is 1.61 bits per heavy atom. The van der Waals surface area contributed by atoms with E-state index in [1.54, 1.807) is 49.6 Å². The number of amides is 5. The van der Waals surface area contributed by atoms with Gasteiger partial charge in [0.15, 0.2) is 0 Å². The van der Waals surface area contributed by atoms with E-state index in [0.29, 0.717) is 24.8 Å². The van der Waals surface area contributed by atoms with Gasteiger partial charge in [0.05, 0.1) is 18.2 Å². The lowest BCUT2D eigenvalue weighted by molar-refractivity contribution is -0.142. The number of aliphatic hydroxyl groups excluding tert-OH is 1. The number of aromatic nitrogens is 2. The van der Waals surface area contributed by atoms with Crippen LogP contribution in [0.5, 0.6) is 0 Å². The van der Waals surface area contributed by atoms with Gasteiger partial charge in [-0.05, 0) is 50.2 Å². The predicted molar refractivity (Wildman–Crippen MR) is 183 cm³/mol. The van der Waals surface area contributed by atoms with Gasteiger partial charge in [-0.15, -0.1) is 0 Å². The minimum Gasteiger partial charge on any atom is -0.480 e. The first kappa shape index (κ1) is 40.6. The highest BCUT2D eigenvalue weighted by atomic mass is 16.5. The summed E-state index contributed by atoms with van der Waals surface area (Å²) in [6.07, 6.45) is 0.399. The number of carbonyl (C=O) groups excluding carboxylic acids is 5. The number of nitrogens with zero attached hydrogens (tertiary/aromatic N) is 2. The molecule has 17 nitrogen and oxygen atoms in total. The number of carboxylic acid groups (broad SMARTS) is 1. The highest BCUT2D eigenvalue weighted by Crippen LogP contribution is 2.19. The third kappa shape index (κ3) is 13.4. The van der Waals surface area contributed by atoms with Crippen molar-refractivity contribution in [1.82, 2.24) is 36.4 Å². The first-order chi connectivity index (χ1) is 24.1. The fourth-order valence-corrected chi connectivity index (χ4v) is 5.55. The number of rotatable bonds is 20. The predicted octanol–water partition coefficient (Wildman–Crippen LogP) is -0.913. The number of aliphatic hydroxyl groups is 1. The van der Waals surface area contributed by atoms with Crippen molar-refractivity contribution >= 4 is 35.5 Å². The number of carbonyl (C=O) groups is 6. The van der Waals surface area contributed by atoms with E-state index < -0.39 is 66.1 Å². The Bertz CT molecular complexity index is 1500.